The Kier molecular flexibility index (Phi) is 6.35. The summed E-state index contributed by atoms with van der Waals surface area (Å²) in [7, 11) is 0. The zero-order valence-electron chi connectivity index (χ0n) is 10.5. The molecular formula is C12H15F3N2O3. The predicted octanol–water partition coefficient (Wildman–Crippen LogP) is 0.269. The smallest absolute Gasteiger partial charge is 0.394 e. The molecule has 0 aromatic heterocycles. The largest absolute Gasteiger partial charge is 0.471 e. The summed E-state index contributed by atoms with van der Waals surface area (Å²) in [5, 5.41) is 13.4. The van der Waals surface area contributed by atoms with Crippen molar-refractivity contribution in [1.82, 2.24) is 10.6 Å². The standard InChI is InChI=1S/C12H15F3N2O3/c13-12(14,15)11(19)17-7-3-1-2-6-16-10-5-4-9(8-18)20-10/h2,6,9-10,16,18H,4-5,7-8H2,(H,17,19)/b6-2+/t9-,10+/m0/s1. The van der Waals surface area contributed by atoms with Crippen molar-refractivity contribution >= 4 is 5.91 Å². The number of aliphatic hydroxyl groups excluding tert-OH is 1. The molecule has 8 heteroatoms. The zero-order valence-corrected chi connectivity index (χ0v) is 10.5. The van der Waals surface area contributed by atoms with Gasteiger partial charge in [0.25, 0.3) is 0 Å². The van der Waals surface area contributed by atoms with Gasteiger partial charge in [0.05, 0.1) is 19.3 Å². The highest BCUT2D eigenvalue weighted by Gasteiger charge is 2.38. The summed E-state index contributed by atoms with van der Waals surface area (Å²) in [5.74, 6) is 2.79. The Morgan fingerprint density at radius 3 is 2.80 bits per heavy atom. The van der Waals surface area contributed by atoms with E-state index < -0.39 is 12.1 Å². The molecule has 2 atom stereocenters. The summed E-state index contributed by atoms with van der Waals surface area (Å²) in [6.07, 6.45) is -0.831. The van der Waals surface area contributed by atoms with Crippen LogP contribution >= 0.6 is 0 Å². The van der Waals surface area contributed by atoms with Gasteiger partial charge < -0.3 is 20.5 Å². The van der Waals surface area contributed by atoms with Crippen molar-refractivity contribution in [3.8, 4) is 11.8 Å². The Labute approximate surface area is 114 Å². The highest BCUT2D eigenvalue weighted by atomic mass is 19.4. The van der Waals surface area contributed by atoms with Crippen molar-refractivity contribution in [2.75, 3.05) is 13.2 Å². The number of ether oxygens (including phenoxy) is 1. The summed E-state index contributed by atoms with van der Waals surface area (Å²) in [4.78, 5) is 10.4. The van der Waals surface area contributed by atoms with Crippen LogP contribution in [0.15, 0.2) is 12.3 Å². The second-order valence-corrected chi connectivity index (χ2v) is 4.01. The molecule has 3 N–H and O–H groups in total. The van der Waals surface area contributed by atoms with E-state index in [2.05, 4.69) is 17.2 Å². The molecule has 1 amide bonds. The number of carbonyl (C=O) groups excluding carboxylic acids is 1. The van der Waals surface area contributed by atoms with E-state index in [4.69, 9.17) is 9.84 Å². The van der Waals surface area contributed by atoms with Crippen molar-refractivity contribution in [1.29, 1.82) is 0 Å². The van der Waals surface area contributed by atoms with E-state index in [1.54, 1.807) is 5.32 Å². The maximum atomic E-state index is 11.8. The molecule has 0 radical (unpaired) electrons. The minimum atomic E-state index is -4.89. The van der Waals surface area contributed by atoms with Crippen molar-refractivity contribution in [3.05, 3.63) is 12.3 Å². The van der Waals surface area contributed by atoms with Gasteiger partial charge in [-0.05, 0) is 12.8 Å². The number of carbonyl (C=O) groups is 1. The molecule has 0 aromatic rings. The van der Waals surface area contributed by atoms with Crippen LogP contribution in [0.4, 0.5) is 13.2 Å². The van der Waals surface area contributed by atoms with Gasteiger partial charge in [0.2, 0.25) is 0 Å². The van der Waals surface area contributed by atoms with Gasteiger partial charge in [-0.3, -0.25) is 4.79 Å². The minimum Gasteiger partial charge on any atom is -0.394 e. The van der Waals surface area contributed by atoms with Gasteiger partial charge in [-0.2, -0.15) is 13.2 Å². The highest BCUT2D eigenvalue weighted by Crippen LogP contribution is 2.16. The van der Waals surface area contributed by atoms with Crippen LogP contribution < -0.4 is 10.6 Å². The third-order valence-electron chi connectivity index (χ3n) is 2.46. The van der Waals surface area contributed by atoms with Crippen LogP contribution in [-0.2, 0) is 9.53 Å². The zero-order chi connectivity index (χ0) is 15.0. The Balaban J connectivity index is 2.16. The van der Waals surface area contributed by atoms with Crippen LogP contribution in [0.2, 0.25) is 0 Å². The molecule has 1 rings (SSSR count). The molecule has 1 aliphatic rings. The fraction of sp³-hybridized carbons (Fsp3) is 0.583. The molecule has 5 nitrogen and oxygen atoms in total. The maximum Gasteiger partial charge on any atom is 0.471 e. The van der Waals surface area contributed by atoms with Gasteiger partial charge >= 0.3 is 12.1 Å². The number of hydrogen-bond acceptors (Lipinski definition) is 4. The van der Waals surface area contributed by atoms with Crippen LogP contribution in [0.1, 0.15) is 12.8 Å². The number of alkyl halides is 3. The van der Waals surface area contributed by atoms with E-state index in [1.165, 1.54) is 12.3 Å². The van der Waals surface area contributed by atoms with Gasteiger partial charge in [0.15, 0.2) is 0 Å². The number of halogens is 3. The minimum absolute atomic E-state index is 0.0272. The van der Waals surface area contributed by atoms with Gasteiger partial charge in [-0.15, -0.1) is 0 Å². The number of amides is 1. The molecule has 112 valence electrons. The van der Waals surface area contributed by atoms with Crippen molar-refractivity contribution in [2.24, 2.45) is 0 Å². The summed E-state index contributed by atoms with van der Waals surface area (Å²) < 4.78 is 40.8. The van der Waals surface area contributed by atoms with E-state index in [0.29, 0.717) is 0 Å². The molecule has 1 aliphatic heterocycles. The molecule has 0 unspecified atom stereocenters. The van der Waals surface area contributed by atoms with E-state index in [9.17, 15) is 18.0 Å². The first kappa shape index (κ1) is 16.3. The Morgan fingerprint density at radius 1 is 1.45 bits per heavy atom. The van der Waals surface area contributed by atoms with Crippen LogP contribution in [0, 0.1) is 11.8 Å². The lowest BCUT2D eigenvalue weighted by Crippen LogP contribution is -2.36. The van der Waals surface area contributed by atoms with Gasteiger partial charge in [0, 0.05) is 12.3 Å². The topological polar surface area (TPSA) is 70.6 Å². The molecule has 0 saturated carbocycles. The molecule has 1 fully saturated rings. The first-order valence-electron chi connectivity index (χ1n) is 5.94. The number of aliphatic hydroxyl groups is 1. The van der Waals surface area contributed by atoms with Crippen molar-refractivity contribution in [2.45, 2.75) is 31.3 Å². The van der Waals surface area contributed by atoms with Crippen LogP contribution in [-0.4, -0.2) is 42.7 Å². The quantitative estimate of drug-likeness (QED) is 0.651. The van der Waals surface area contributed by atoms with Gasteiger partial charge in [-0.25, -0.2) is 0 Å². The third kappa shape index (κ3) is 5.95. The first-order valence-corrected chi connectivity index (χ1v) is 5.94. The highest BCUT2D eigenvalue weighted by molar-refractivity contribution is 5.81. The lowest BCUT2D eigenvalue weighted by Gasteiger charge is -2.11. The second-order valence-electron chi connectivity index (χ2n) is 4.01. The van der Waals surface area contributed by atoms with Crippen LogP contribution in [0.5, 0.6) is 0 Å². The Hall–Kier alpha value is -1.72. The molecule has 1 heterocycles. The molecule has 0 spiro atoms. The number of allylic oxidation sites excluding steroid dienone is 1. The molecule has 20 heavy (non-hydrogen) atoms. The second kappa shape index (κ2) is 7.77. The van der Waals surface area contributed by atoms with Crippen LogP contribution in [0.3, 0.4) is 0 Å². The van der Waals surface area contributed by atoms with Gasteiger partial charge in [-0.1, -0.05) is 11.8 Å². The summed E-state index contributed by atoms with van der Waals surface area (Å²) >= 11 is 0. The summed E-state index contributed by atoms with van der Waals surface area (Å²) in [6.45, 7) is -0.407. The Bertz CT molecular complexity index is 412. The fourth-order valence-electron chi connectivity index (χ4n) is 1.49. The van der Waals surface area contributed by atoms with Crippen LogP contribution in [0.25, 0.3) is 0 Å². The summed E-state index contributed by atoms with van der Waals surface area (Å²) in [6, 6.07) is 0. The van der Waals surface area contributed by atoms with Crippen molar-refractivity contribution in [3.63, 3.8) is 0 Å². The SMILES string of the molecule is O=C(NCC#C/C=C/N[C@H]1CC[C@@H](CO)O1)C(F)(F)F. The van der Waals surface area contributed by atoms with E-state index in [-0.39, 0.29) is 25.5 Å². The predicted molar refractivity (Wildman–Crippen MR) is 64.1 cm³/mol. The number of rotatable bonds is 4. The molecule has 0 aromatic carbocycles. The van der Waals surface area contributed by atoms with E-state index in [0.717, 1.165) is 12.8 Å². The maximum absolute atomic E-state index is 11.8. The monoisotopic (exact) mass is 292 g/mol. The normalized spacial score (nSPS) is 22.4. The average Bonchev–Trinajstić information content (AvgIpc) is 2.84. The number of nitrogens with one attached hydrogen (secondary N) is 2. The average molecular weight is 292 g/mol. The van der Waals surface area contributed by atoms with E-state index in [1.807, 2.05) is 0 Å². The lowest BCUT2D eigenvalue weighted by molar-refractivity contribution is -0.173. The molecule has 0 bridgehead atoms. The molecular weight excluding hydrogens is 277 g/mol. The molecule has 0 aliphatic carbocycles. The molecule has 1 saturated heterocycles. The number of hydrogen-bond donors (Lipinski definition) is 3. The lowest BCUT2D eigenvalue weighted by atomic mass is 10.2. The summed E-state index contributed by atoms with van der Waals surface area (Å²) in [5.41, 5.74) is 0. The van der Waals surface area contributed by atoms with Gasteiger partial charge in [0.1, 0.15) is 6.23 Å². The van der Waals surface area contributed by atoms with Crippen molar-refractivity contribution < 1.29 is 27.8 Å². The third-order valence-corrected chi connectivity index (χ3v) is 2.46. The fourth-order valence-corrected chi connectivity index (χ4v) is 1.49. The first-order chi connectivity index (χ1) is 9.43. The van der Waals surface area contributed by atoms with E-state index >= 15 is 0 Å². The Morgan fingerprint density at radius 2 is 2.20 bits per heavy atom.